The topological polar surface area (TPSA) is 29.9 Å². The molecule has 1 saturated carbocycles. The fourth-order valence-corrected chi connectivity index (χ4v) is 2.87. The first kappa shape index (κ1) is 9.01. The summed E-state index contributed by atoms with van der Waals surface area (Å²) in [5.74, 6) is 3.52. The Balaban J connectivity index is 1.57. The molecule has 2 bridgehead atoms. The molecule has 0 radical (unpaired) electrons. The summed E-state index contributed by atoms with van der Waals surface area (Å²) in [5.41, 5.74) is 0. The maximum absolute atomic E-state index is 4.32. The Morgan fingerprint density at radius 1 is 1.47 bits per heavy atom. The number of fused-ring (bicyclic) bond motifs is 2. The third-order valence-electron chi connectivity index (χ3n) is 3.68. The van der Waals surface area contributed by atoms with Crippen molar-refractivity contribution in [3.63, 3.8) is 0 Å². The molecule has 3 atom stereocenters. The number of aromatic nitrogens is 2. The number of rotatable bonds is 3. The monoisotopic (exact) mass is 203 g/mol. The molecule has 0 aromatic carbocycles. The zero-order chi connectivity index (χ0) is 10.3. The van der Waals surface area contributed by atoms with Gasteiger partial charge in [0.15, 0.2) is 0 Å². The van der Waals surface area contributed by atoms with Crippen LogP contribution in [0.15, 0.2) is 24.4 Å². The number of hydrogen-bond acceptors (Lipinski definition) is 2. The van der Waals surface area contributed by atoms with E-state index >= 15 is 0 Å². The van der Waals surface area contributed by atoms with Gasteiger partial charge in [-0.05, 0) is 30.6 Å². The van der Waals surface area contributed by atoms with Gasteiger partial charge in [0, 0.05) is 25.9 Å². The molecule has 1 heterocycles. The van der Waals surface area contributed by atoms with Crippen molar-refractivity contribution in [3.05, 3.63) is 24.4 Å². The van der Waals surface area contributed by atoms with E-state index in [1.165, 1.54) is 12.8 Å². The summed E-state index contributed by atoms with van der Waals surface area (Å²) in [6.07, 6.45) is 9.51. The van der Waals surface area contributed by atoms with E-state index in [0.717, 1.165) is 30.1 Å². The summed E-state index contributed by atoms with van der Waals surface area (Å²) >= 11 is 0. The molecule has 0 amide bonds. The maximum Gasteiger partial charge on any atom is 0.147 e. The molecule has 3 rings (SSSR count). The number of allylic oxidation sites excluding steroid dienone is 2. The van der Waals surface area contributed by atoms with E-state index in [2.05, 4.69) is 22.6 Å². The van der Waals surface area contributed by atoms with E-state index in [0.29, 0.717) is 0 Å². The van der Waals surface area contributed by atoms with Crippen molar-refractivity contribution < 1.29 is 0 Å². The second-order valence-electron chi connectivity index (χ2n) is 4.80. The van der Waals surface area contributed by atoms with E-state index in [9.17, 15) is 0 Å². The number of nitrogens with zero attached hydrogens (tertiary/aromatic N) is 2. The zero-order valence-electron chi connectivity index (χ0n) is 9.06. The van der Waals surface area contributed by atoms with Gasteiger partial charge in [-0.15, -0.1) is 0 Å². The molecule has 15 heavy (non-hydrogen) atoms. The van der Waals surface area contributed by atoms with Crippen LogP contribution in [0.4, 0.5) is 5.82 Å². The molecule has 2 aliphatic rings. The van der Waals surface area contributed by atoms with E-state index in [1.807, 2.05) is 24.0 Å². The summed E-state index contributed by atoms with van der Waals surface area (Å²) in [4.78, 5) is 0. The second-order valence-corrected chi connectivity index (χ2v) is 4.80. The normalized spacial score (nSPS) is 32.5. The summed E-state index contributed by atoms with van der Waals surface area (Å²) < 4.78 is 1.84. The highest BCUT2D eigenvalue weighted by molar-refractivity contribution is 5.32. The van der Waals surface area contributed by atoms with Gasteiger partial charge in [-0.1, -0.05) is 12.2 Å². The van der Waals surface area contributed by atoms with Crippen molar-refractivity contribution in [1.82, 2.24) is 9.78 Å². The number of nitrogens with one attached hydrogen (secondary N) is 1. The first-order chi connectivity index (χ1) is 7.31. The molecule has 0 saturated heterocycles. The van der Waals surface area contributed by atoms with Crippen molar-refractivity contribution in [2.45, 2.75) is 12.8 Å². The van der Waals surface area contributed by atoms with Crippen molar-refractivity contribution in [3.8, 4) is 0 Å². The number of aryl methyl sites for hydroxylation is 1. The van der Waals surface area contributed by atoms with E-state index in [-0.39, 0.29) is 0 Å². The molecule has 3 heteroatoms. The predicted octanol–water partition coefficient (Wildman–Crippen LogP) is 2.04. The summed E-state index contributed by atoms with van der Waals surface area (Å²) in [6, 6.07) is 2.03. The standard InChI is InChI=1S/C12H17N3/c1-15-5-4-12(14-15)13-8-11-7-9-2-3-10(11)6-9/h2-5,9-11H,6-8H2,1H3,(H,13,14)/t9-,10-,11+/m0/s1. The highest BCUT2D eigenvalue weighted by Gasteiger charge is 2.35. The Labute approximate surface area is 90.2 Å². The van der Waals surface area contributed by atoms with Crippen molar-refractivity contribution in [1.29, 1.82) is 0 Å². The summed E-state index contributed by atoms with van der Waals surface area (Å²) in [7, 11) is 1.95. The van der Waals surface area contributed by atoms with Gasteiger partial charge < -0.3 is 5.32 Å². The number of anilines is 1. The molecule has 1 fully saturated rings. The summed E-state index contributed by atoms with van der Waals surface area (Å²) in [6.45, 7) is 1.07. The molecular weight excluding hydrogens is 186 g/mol. The van der Waals surface area contributed by atoms with Gasteiger partial charge in [0.05, 0.1) is 0 Å². The van der Waals surface area contributed by atoms with Gasteiger partial charge in [-0.2, -0.15) is 5.10 Å². The Bertz CT molecular complexity index is 380. The molecule has 0 unspecified atom stereocenters. The first-order valence-corrected chi connectivity index (χ1v) is 5.73. The highest BCUT2D eigenvalue weighted by Crippen LogP contribution is 2.43. The minimum Gasteiger partial charge on any atom is -0.368 e. The van der Waals surface area contributed by atoms with Gasteiger partial charge in [-0.3, -0.25) is 4.68 Å². The molecule has 80 valence electrons. The van der Waals surface area contributed by atoms with Crippen LogP contribution in [-0.4, -0.2) is 16.3 Å². The largest absolute Gasteiger partial charge is 0.368 e. The average molecular weight is 203 g/mol. The Morgan fingerprint density at radius 2 is 2.40 bits per heavy atom. The lowest BCUT2D eigenvalue weighted by Crippen LogP contribution is -2.18. The molecule has 0 aliphatic heterocycles. The zero-order valence-corrected chi connectivity index (χ0v) is 9.06. The van der Waals surface area contributed by atoms with Crippen molar-refractivity contribution in [2.24, 2.45) is 24.8 Å². The third kappa shape index (κ3) is 1.66. The first-order valence-electron chi connectivity index (χ1n) is 5.73. The Hall–Kier alpha value is -1.25. The van der Waals surface area contributed by atoms with Crippen LogP contribution in [0.25, 0.3) is 0 Å². The van der Waals surface area contributed by atoms with Crippen LogP contribution < -0.4 is 5.32 Å². The SMILES string of the molecule is Cn1ccc(NC[C@H]2C[C@H]3C=C[C@H]2C3)n1. The maximum atomic E-state index is 4.32. The van der Waals surface area contributed by atoms with Crippen LogP contribution >= 0.6 is 0 Å². The third-order valence-corrected chi connectivity index (χ3v) is 3.68. The van der Waals surface area contributed by atoms with Crippen LogP contribution in [0, 0.1) is 17.8 Å². The number of hydrogen-bond donors (Lipinski definition) is 1. The second kappa shape index (κ2) is 3.40. The molecule has 3 nitrogen and oxygen atoms in total. The van der Waals surface area contributed by atoms with Gasteiger partial charge in [0.2, 0.25) is 0 Å². The van der Waals surface area contributed by atoms with Gasteiger partial charge in [-0.25, -0.2) is 0 Å². The molecule has 0 spiro atoms. The quantitative estimate of drug-likeness (QED) is 0.762. The van der Waals surface area contributed by atoms with Gasteiger partial charge in [0.1, 0.15) is 5.82 Å². The lowest BCUT2D eigenvalue weighted by Gasteiger charge is -2.18. The Kier molecular flexibility index (Phi) is 2.04. The minimum atomic E-state index is 0.821. The molecule has 1 N–H and O–H groups in total. The van der Waals surface area contributed by atoms with Crippen LogP contribution in [-0.2, 0) is 7.05 Å². The lowest BCUT2D eigenvalue weighted by molar-refractivity contribution is 0.471. The molecule has 1 aromatic rings. The molecule has 1 aromatic heterocycles. The van der Waals surface area contributed by atoms with E-state index in [1.54, 1.807) is 0 Å². The van der Waals surface area contributed by atoms with E-state index < -0.39 is 0 Å². The fourth-order valence-electron chi connectivity index (χ4n) is 2.87. The molecule has 2 aliphatic carbocycles. The van der Waals surface area contributed by atoms with Crippen LogP contribution in [0.1, 0.15) is 12.8 Å². The predicted molar refractivity (Wildman–Crippen MR) is 60.5 cm³/mol. The Morgan fingerprint density at radius 3 is 3.00 bits per heavy atom. The smallest absolute Gasteiger partial charge is 0.147 e. The fraction of sp³-hybridized carbons (Fsp3) is 0.583. The van der Waals surface area contributed by atoms with Crippen molar-refractivity contribution in [2.75, 3.05) is 11.9 Å². The van der Waals surface area contributed by atoms with Crippen LogP contribution in [0.5, 0.6) is 0 Å². The summed E-state index contributed by atoms with van der Waals surface area (Å²) in [5, 5.41) is 7.75. The van der Waals surface area contributed by atoms with Crippen LogP contribution in [0.2, 0.25) is 0 Å². The van der Waals surface area contributed by atoms with E-state index in [4.69, 9.17) is 0 Å². The molecular formula is C12H17N3. The minimum absolute atomic E-state index is 0.821. The highest BCUT2D eigenvalue weighted by atomic mass is 15.3. The van der Waals surface area contributed by atoms with Gasteiger partial charge >= 0.3 is 0 Å². The average Bonchev–Trinajstić information content (AvgIpc) is 2.90. The lowest BCUT2D eigenvalue weighted by atomic mass is 9.94. The van der Waals surface area contributed by atoms with Crippen LogP contribution in [0.3, 0.4) is 0 Å². The van der Waals surface area contributed by atoms with Gasteiger partial charge in [0.25, 0.3) is 0 Å². The van der Waals surface area contributed by atoms with Crippen molar-refractivity contribution >= 4 is 5.82 Å².